The summed E-state index contributed by atoms with van der Waals surface area (Å²) in [5, 5.41) is 4.13. The van der Waals surface area contributed by atoms with E-state index in [0.717, 1.165) is 6.42 Å². The fourth-order valence-electron chi connectivity index (χ4n) is 1.50. The molecule has 0 aromatic heterocycles. The first-order chi connectivity index (χ1) is 7.65. The van der Waals surface area contributed by atoms with E-state index >= 15 is 0 Å². The summed E-state index contributed by atoms with van der Waals surface area (Å²) >= 11 is 11.7. The SMILES string of the molecule is NC1=CCC(COc2ccc(Cl)c(Cl)c2)N1. The average molecular weight is 259 g/mol. The Bertz CT molecular complexity index is 420. The van der Waals surface area contributed by atoms with E-state index in [9.17, 15) is 0 Å². The van der Waals surface area contributed by atoms with Gasteiger partial charge in [0.25, 0.3) is 0 Å². The van der Waals surface area contributed by atoms with E-state index in [1.165, 1.54) is 0 Å². The molecule has 1 unspecified atom stereocenters. The van der Waals surface area contributed by atoms with Crippen molar-refractivity contribution in [1.29, 1.82) is 0 Å². The molecule has 16 heavy (non-hydrogen) atoms. The highest BCUT2D eigenvalue weighted by molar-refractivity contribution is 6.42. The minimum absolute atomic E-state index is 0.231. The summed E-state index contributed by atoms with van der Waals surface area (Å²) in [5.74, 6) is 1.42. The maximum Gasteiger partial charge on any atom is 0.120 e. The Hall–Kier alpha value is -1.06. The van der Waals surface area contributed by atoms with Gasteiger partial charge >= 0.3 is 0 Å². The average Bonchev–Trinajstić information content (AvgIpc) is 2.66. The zero-order valence-corrected chi connectivity index (χ0v) is 10.1. The molecule has 1 atom stereocenters. The standard InChI is InChI=1S/C11H12Cl2N2O/c12-9-3-2-8(5-10(9)13)16-6-7-1-4-11(14)15-7/h2-5,7,15H,1,6,14H2. The number of nitrogens with two attached hydrogens (primary N) is 1. The van der Waals surface area contributed by atoms with Crippen molar-refractivity contribution in [1.82, 2.24) is 5.32 Å². The molecule has 1 aliphatic rings. The minimum Gasteiger partial charge on any atom is -0.491 e. The van der Waals surface area contributed by atoms with Crippen LogP contribution >= 0.6 is 23.2 Å². The molecule has 5 heteroatoms. The van der Waals surface area contributed by atoms with Crippen LogP contribution in [0.1, 0.15) is 6.42 Å². The summed E-state index contributed by atoms with van der Waals surface area (Å²) < 4.78 is 5.58. The molecule has 0 radical (unpaired) electrons. The molecule has 86 valence electrons. The normalized spacial score (nSPS) is 19.1. The van der Waals surface area contributed by atoms with E-state index in [1.807, 2.05) is 6.08 Å². The highest BCUT2D eigenvalue weighted by Crippen LogP contribution is 2.26. The summed E-state index contributed by atoms with van der Waals surface area (Å²) in [6.07, 6.45) is 2.83. The third kappa shape index (κ3) is 2.74. The largest absolute Gasteiger partial charge is 0.491 e. The molecule has 0 amide bonds. The van der Waals surface area contributed by atoms with E-state index in [-0.39, 0.29) is 6.04 Å². The van der Waals surface area contributed by atoms with Crippen molar-refractivity contribution in [3.63, 3.8) is 0 Å². The number of halogens is 2. The van der Waals surface area contributed by atoms with Crippen LogP contribution in [-0.2, 0) is 0 Å². The van der Waals surface area contributed by atoms with E-state index < -0.39 is 0 Å². The van der Waals surface area contributed by atoms with Gasteiger partial charge in [0.2, 0.25) is 0 Å². The van der Waals surface area contributed by atoms with Crippen molar-refractivity contribution in [3.8, 4) is 5.75 Å². The van der Waals surface area contributed by atoms with Gasteiger partial charge in [0, 0.05) is 6.07 Å². The maximum atomic E-state index is 5.87. The van der Waals surface area contributed by atoms with Gasteiger partial charge in [-0.2, -0.15) is 0 Å². The summed E-state index contributed by atoms with van der Waals surface area (Å²) in [5.41, 5.74) is 5.59. The zero-order chi connectivity index (χ0) is 11.5. The predicted molar refractivity (Wildman–Crippen MR) is 65.8 cm³/mol. The van der Waals surface area contributed by atoms with Crippen molar-refractivity contribution in [2.24, 2.45) is 5.73 Å². The van der Waals surface area contributed by atoms with Crippen molar-refractivity contribution >= 4 is 23.2 Å². The van der Waals surface area contributed by atoms with Crippen LogP contribution in [0, 0.1) is 0 Å². The molecule has 2 rings (SSSR count). The topological polar surface area (TPSA) is 47.3 Å². The minimum atomic E-state index is 0.231. The molecular weight excluding hydrogens is 247 g/mol. The molecule has 0 saturated carbocycles. The Morgan fingerprint density at radius 3 is 2.81 bits per heavy atom. The lowest BCUT2D eigenvalue weighted by atomic mass is 10.2. The first kappa shape index (κ1) is 11.4. The van der Waals surface area contributed by atoms with Gasteiger partial charge in [0.05, 0.1) is 21.9 Å². The number of rotatable bonds is 3. The lowest BCUT2D eigenvalue weighted by Crippen LogP contribution is -2.31. The Kier molecular flexibility index (Phi) is 3.46. The molecule has 1 aromatic rings. The molecular formula is C11H12Cl2N2O. The summed E-state index contributed by atoms with van der Waals surface area (Å²) in [7, 11) is 0. The van der Waals surface area contributed by atoms with Gasteiger partial charge in [-0.15, -0.1) is 0 Å². The highest BCUT2D eigenvalue weighted by Gasteiger charge is 2.14. The van der Waals surface area contributed by atoms with Gasteiger partial charge in [0.1, 0.15) is 12.4 Å². The lowest BCUT2D eigenvalue weighted by molar-refractivity contribution is 0.278. The van der Waals surface area contributed by atoms with E-state index in [2.05, 4.69) is 5.32 Å². The monoisotopic (exact) mass is 258 g/mol. The lowest BCUT2D eigenvalue weighted by Gasteiger charge is -2.13. The Balaban J connectivity index is 1.88. The summed E-state index contributed by atoms with van der Waals surface area (Å²) in [6.45, 7) is 0.551. The van der Waals surface area contributed by atoms with E-state index in [1.54, 1.807) is 18.2 Å². The Labute approximate surface area is 104 Å². The number of nitrogens with one attached hydrogen (secondary N) is 1. The van der Waals surface area contributed by atoms with Crippen molar-refractivity contribution in [3.05, 3.63) is 40.1 Å². The molecule has 0 bridgehead atoms. The summed E-state index contributed by atoms with van der Waals surface area (Å²) in [6, 6.07) is 5.44. The quantitative estimate of drug-likeness (QED) is 0.876. The fraction of sp³-hybridized carbons (Fsp3) is 0.273. The number of ether oxygens (including phenoxy) is 1. The third-order valence-corrected chi connectivity index (χ3v) is 3.07. The Morgan fingerprint density at radius 1 is 1.38 bits per heavy atom. The Morgan fingerprint density at radius 2 is 2.19 bits per heavy atom. The van der Waals surface area contributed by atoms with Crippen LogP contribution in [0.5, 0.6) is 5.75 Å². The summed E-state index contributed by atoms with van der Waals surface area (Å²) in [4.78, 5) is 0. The number of benzene rings is 1. The van der Waals surface area contributed by atoms with Crippen LogP contribution in [0.15, 0.2) is 30.1 Å². The molecule has 0 aliphatic carbocycles. The molecule has 3 nitrogen and oxygen atoms in total. The molecule has 1 aliphatic heterocycles. The molecule has 1 heterocycles. The van der Waals surface area contributed by atoms with Gasteiger partial charge in [-0.1, -0.05) is 23.2 Å². The number of hydrogen-bond acceptors (Lipinski definition) is 3. The second kappa shape index (κ2) is 4.85. The first-order valence-electron chi connectivity index (χ1n) is 4.95. The van der Waals surface area contributed by atoms with Gasteiger partial charge < -0.3 is 15.8 Å². The molecule has 0 fully saturated rings. The second-order valence-corrected chi connectivity index (χ2v) is 4.44. The van der Waals surface area contributed by atoms with Gasteiger partial charge in [-0.05, 0) is 24.6 Å². The molecule has 3 N–H and O–H groups in total. The van der Waals surface area contributed by atoms with E-state index in [4.69, 9.17) is 33.7 Å². The molecule has 1 aromatic carbocycles. The maximum absolute atomic E-state index is 5.87. The van der Waals surface area contributed by atoms with Crippen LogP contribution in [0.2, 0.25) is 10.0 Å². The predicted octanol–water partition coefficient (Wildman–Crippen LogP) is 2.53. The van der Waals surface area contributed by atoms with Crippen LogP contribution < -0.4 is 15.8 Å². The van der Waals surface area contributed by atoms with E-state index in [0.29, 0.717) is 28.2 Å². The third-order valence-electron chi connectivity index (χ3n) is 2.34. The van der Waals surface area contributed by atoms with Crippen molar-refractivity contribution in [2.45, 2.75) is 12.5 Å². The highest BCUT2D eigenvalue weighted by atomic mass is 35.5. The second-order valence-electron chi connectivity index (χ2n) is 3.62. The van der Waals surface area contributed by atoms with Crippen LogP contribution in [0.4, 0.5) is 0 Å². The first-order valence-corrected chi connectivity index (χ1v) is 5.71. The smallest absolute Gasteiger partial charge is 0.120 e. The van der Waals surface area contributed by atoms with Gasteiger partial charge in [0.15, 0.2) is 0 Å². The van der Waals surface area contributed by atoms with Crippen LogP contribution in [0.25, 0.3) is 0 Å². The van der Waals surface area contributed by atoms with Crippen LogP contribution in [0.3, 0.4) is 0 Å². The fourth-order valence-corrected chi connectivity index (χ4v) is 1.78. The number of hydrogen-bond donors (Lipinski definition) is 2. The molecule has 0 spiro atoms. The zero-order valence-electron chi connectivity index (χ0n) is 8.54. The van der Waals surface area contributed by atoms with Crippen molar-refractivity contribution in [2.75, 3.05) is 6.61 Å². The van der Waals surface area contributed by atoms with Crippen LogP contribution in [-0.4, -0.2) is 12.6 Å². The van der Waals surface area contributed by atoms with Crippen molar-refractivity contribution < 1.29 is 4.74 Å². The van der Waals surface area contributed by atoms with Gasteiger partial charge in [-0.3, -0.25) is 0 Å². The molecule has 0 saturated heterocycles. The van der Waals surface area contributed by atoms with Gasteiger partial charge in [-0.25, -0.2) is 0 Å².